The van der Waals surface area contributed by atoms with E-state index < -0.39 is 0 Å². The van der Waals surface area contributed by atoms with Crippen LogP contribution in [0, 0.1) is 5.41 Å². The third-order valence-electron chi connectivity index (χ3n) is 3.93. The maximum atomic E-state index is 9.73. The van der Waals surface area contributed by atoms with Crippen molar-refractivity contribution in [2.45, 2.75) is 25.9 Å². The molecule has 0 aliphatic carbocycles. The summed E-state index contributed by atoms with van der Waals surface area (Å²) < 4.78 is 11.0. The number of aliphatic hydroxyl groups is 1. The maximum absolute atomic E-state index is 9.73. The Balaban J connectivity index is 2.29. The topological polar surface area (TPSA) is 38.7 Å². The fourth-order valence-electron chi connectivity index (χ4n) is 2.58. The van der Waals surface area contributed by atoms with E-state index in [2.05, 4.69) is 0 Å². The van der Waals surface area contributed by atoms with Crippen molar-refractivity contribution in [1.29, 1.82) is 0 Å². The van der Waals surface area contributed by atoms with Gasteiger partial charge >= 0.3 is 0 Å². The maximum Gasteiger partial charge on any atom is 0.122 e. The molecule has 0 aromatic heterocycles. The van der Waals surface area contributed by atoms with Crippen molar-refractivity contribution in [3.05, 3.63) is 28.8 Å². The molecule has 0 spiro atoms. The highest BCUT2D eigenvalue weighted by Gasteiger charge is 2.41. The van der Waals surface area contributed by atoms with Gasteiger partial charge in [-0.25, -0.2) is 0 Å². The molecule has 1 aromatic rings. The van der Waals surface area contributed by atoms with Crippen LogP contribution in [0.5, 0.6) is 5.75 Å². The van der Waals surface area contributed by atoms with Gasteiger partial charge in [0.2, 0.25) is 0 Å². The number of hydrogen-bond donors (Lipinski definition) is 1. The van der Waals surface area contributed by atoms with E-state index in [1.54, 1.807) is 7.11 Å². The van der Waals surface area contributed by atoms with Crippen LogP contribution in [0.2, 0.25) is 5.02 Å². The van der Waals surface area contributed by atoms with Gasteiger partial charge in [-0.3, -0.25) is 0 Å². The number of benzene rings is 1. The van der Waals surface area contributed by atoms with Gasteiger partial charge in [0, 0.05) is 17.0 Å². The molecule has 1 fully saturated rings. The average Bonchev–Trinajstić information content (AvgIpc) is 2.72. The van der Waals surface area contributed by atoms with E-state index in [1.807, 2.05) is 25.1 Å². The van der Waals surface area contributed by atoms with Gasteiger partial charge in [0.25, 0.3) is 0 Å². The third-order valence-corrected chi connectivity index (χ3v) is 4.17. The van der Waals surface area contributed by atoms with Gasteiger partial charge in [0.15, 0.2) is 0 Å². The Hall–Kier alpha value is -0.770. The molecule has 2 rings (SSSR count). The average molecular weight is 271 g/mol. The van der Waals surface area contributed by atoms with E-state index in [4.69, 9.17) is 21.1 Å². The fraction of sp³-hybridized carbons (Fsp3) is 0.571. The highest BCUT2D eigenvalue weighted by atomic mass is 35.5. The van der Waals surface area contributed by atoms with E-state index >= 15 is 0 Å². The first-order valence-electron chi connectivity index (χ1n) is 6.16. The third kappa shape index (κ3) is 2.48. The molecule has 0 radical (unpaired) electrons. The number of ether oxygens (including phenoxy) is 2. The Kier molecular flexibility index (Phi) is 4.15. The molecule has 1 heterocycles. The van der Waals surface area contributed by atoms with Crippen LogP contribution in [0.3, 0.4) is 0 Å². The van der Waals surface area contributed by atoms with Crippen LogP contribution in [0.1, 0.15) is 18.9 Å². The zero-order chi connectivity index (χ0) is 13.2. The van der Waals surface area contributed by atoms with E-state index in [9.17, 15) is 5.11 Å². The lowest BCUT2D eigenvalue weighted by Crippen LogP contribution is -2.35. The van der Waals surface area contributed by atoms with Gasteiger partial charge in [-0.05, 0) is 43.5 Å². The quantitative estimate of drug-likeness (QED) is 0.914. The first kappa shape index (κ1) is 13.7. The molecule has 0 amide bonds. The minimum Gasteiger partial charge on any atom is -0.496 e. The Labute approximate surface area is 113 Å². The SMILES string of the molecule is COc1ccc(Cl)cc1CC1(CO)CCOC1C. The highest BCUT2D eigenvalue weighted by Crippen LogP contribution is 2.40. The van der Waals surface area contributed by atoms with Gasteiger partial charge in [-0.15, -0.1) is 0 Å². The predicted octanol–water partition coefficient (Wildman–Crippen LogP) is 2.68. The van der Waals surface area contributed by atoms with Gasteiger partial charge in [0.1, 0.15) is 5.75 Å². The second-order valence-electron chi connectivity index (χ2n) is 4.92. The summed E-state index contributed by atoms with van der Waals surface area (Å²) in [6.45, 7) is 2.83. The summed E-state index contributed by atoms with van der Waals surface area (Å²) in [5.41, 5.74) is 0.800. The Morgan fingerprint density at radius 1 is 1.56 bits per heavy atom. The minimum absolute atomic E-state index is 0.0474. The van der Waals surface area contributed by atoms with Crippen LogP contribution < -0.4 is 4.74 Å². The molecule has 1 aromatic carbocycles. The molecule has 1 N–H and O–H groups in total. The summed E-state index contributed by atoms with van der Waals surface area (Å²) in [6, 6.07) is 5.58. The van der Waals surface area contributed by atoms with Gasteiger partial charge in [-0.1, -0.05) is 11.6 Å². The van der Waals surface area contributed by atoms with Crippen LogP contribution >= 0.6 is 11.6 Å². The second-order valence-corrected chi connectivity index (χ2v) is 5.35. The van der Waals surface area contributed by atoms with Crippen molar-refractivity contribution in [3.8, 4) is 5.75 Å². The minimum atomic E-state index is -0.224. The summed E-state index contributed by atoms with van der Waals surface area (Å²) in [5, 5.41) is 10.4. The molecule has 1 saturated heterocycles. The molecule has 0 saturated carbocycles. The molecule has 1 aliphatic heterocycles. The van der Waals surface area contributed by atoms with Crippen molar-refractivity contribution in [2.24, 2.45) is 5.41 Å². The summed E-state index contributed by atoms with van der Waals surface area (Å²) in [6.07, 6.45) is 1.63. The Morgan fingerprint density at radius 2 is 2.33 bits per heavy atom. The van der Waals surface area contributed by atoms with Crippen LogP contribution in [-0.4, -0.2) is 31.5 Å². The van der Waals surface area contributed by atoms with E-state index in [0.717, 1.165) is 17.7 Å². The number of hydrogen-bond acceptors (Lipinski definition) is 3. The Morgan fingerprint density at radius 3 is 2.89 bits per heavy atom. The first-order valence-corrected chi connectivity index (χ1v) is 6.54. The molecule has 18 heavy (non-hydrogen) atoms. The zero-order valence-electron chi connectivity index (χ0n) is 10.8. The number of aliphatic hydroxyl groups excluding tert-OH is 1. The van der Waals surface area contributed by atoms with Crippen LogP contribution in [0.25, 0.3) is 0 Å². The van der Waals surface area contributed by atoms with Gasteiger partial charge in [-0.2, -0.15) is 0 Å². The molecule has 3 nitrogen and oxygen atoms in total. The lowest BCUT2D eigenvalue weighted by atomic mass is 9.77. The van der Waals surface area contributed by atoms with Crippen LogP contribution in [0.15, 0.2) is 18.2 Å². The van der Waals surface area contributed by atoms with Gasteiger partial charge in [0.05, 0.1) is 19.8 Å². The normalized spacial score (nSPS) is 27.4. The lowest BCUT2D eigenvalue weighted by molar-refractivity contribution is 0.0269. The van der Waals surface area contributed by atoms with Crippen molar-refractivity contribution < 1.29 is 14.6 Å². The lowest BCUT2D eigenvalue weighted by Gasteiger charge is -2.30. The van der Waals surface area contributed by atoms with Crippen LogP contribution in [-0.2, 0) is 11.2 Å². The summed E-state index contributed by atoms with van der Waals surface area (Å²) in [7, 11) is 1.65. The molecular formula is C14H19ClO3. The summed E-state index contributed by atoms with van der Waals surface area (Å²) in [5.74, 6) is 0.811. The van der Waals surface area contributed by atoms with Crippen molar-refractivity contribution >= 4 is 11.6 Å². The van der Waals surface area contributed by atoms with Gasteiger partial charge < -0.3 is 14.6 Å². The molecule has 1 aliphatic rings. The monoisotopic (exact) mass is 270 g/mol. The standard InChI is InChI=1S/C14H19ClO3/c1-10-14(9-16,5-6-18-10)8-11-7-12(15)3-4-13(11)17-2/h3-4,7,10,16H,5-6,8-9H2,1-2H3. The number of rotatable bonds is 4. The number of methoxy groups -OCH3 is 1. The molecular weight excluding hydrogens is 252 g/mol. The Bertz CT molecular complexity index is 422. The molecule has 100 valence electrons. The van der Waals surface area contributed by atoms with E-state index in [0.29, 0.717) is 18.1 Å². The zero-order valence-corrected chi connectivity index (χ0v) is 11.5. The van der Waals surface area contributed by atoms with Crippen LogP contribution in [0.4, 0.5) is 0 Å². The summed E-state index contributed by atoms with van der Waals surface area (Å²) in [4.78, 5) is 0. The predicted molar refractivity (Wildman–Crippen MR) is 71.3 cm³/mol. The summed E-state index contributed by atoms with van der Waals surface area (Å²) >= 11 is 6.03. The smallest absolute Gasteiger partial charge is 0.122 e. The molecule has 2 atom stereocenters. The first-order chi connectivity index (χ1) is 8.61. The fourth-order valence-corrected chi connectivity index (χ4v) is 2.77. The second kappa shape index (κ2) is 5.47. The van der Waals surface area contributed by atoms with Crippen molar-refractivity contribution in [3.63, 3.8) is 0 Å². The molecule has 4 heteroatoms. The van der Waals surface area contributed by atoms with E-state index in [1.165, 1.54) is 0 Å². The van der Waals surface area contributed by atoms with Crippen molar-refractivity contribution in [1.82, 2.24) is 0 Å². The highest BCUT2D eigenvalue weighted by molar-refractivity contribution is 6.30. The molecule has 2 unspecified atom stereocenters. The molecule has 0 bridgehead atoms. The van der Waals surface area contributed by atoms with E-state index in [-0.39, 0.29) is 18.1 Å². The number of halogens is 1. The largest absolute Gasteiger partial charge is 0.496 e. The van der Waals surface area contributed by atoms with Crippen molar-refractivity contribution in [2.75, 3.05) is 20.3 Å².